The van der Waals surface area contributed by atoms with Crippen LogP contribution in [-0.2, 0) is 21.4 Å². The van der Waals surface area contributed by atoms with Crippen LogP contribution in [0.3, 0.4) is 0 Å². The second kappa shape index (κ2) is 10.8. The van der Waals surface area contributed by atoms with Crippen molar-refractivity contribution in [2.45, 2.75) is 45.1 Å². The maximum atomic E-state index is 13.0. The lowest BCUT2D eigenvalue weighted by molar-refractivity contribution is -0.126. The van der Waals surface area contributed by atoms with Gasteiger partial charge in [0, 0.05) is 19.6 Å². The molecule has 7 nitrogen and oxygen atoms in total. The summed E-state index contributed by atoms with van der Waals surface area (Å²) in [6, 6.07) is 12.4. The van der Waals surface area contributed by atoms with E-state index >= 15 is 0 Å². The topological polar surface area (TPSA) is 84.9 Å². The van der Waals surface area contributed by atoms with Gasteiger partial charge < -0.3 is 14.8 Å². The van der Waals surface area contributed by atoms with E-state index in [1.165, 1.54) is 4.31 Å². The fourth-order valence-electron chi connectivity index (χ4n) is 3.77. The predicted molar refractivity (Wildman–Crippen MR) is 123 cm³/mol. The van der Waals surface area contributed by atoms with E-state index in [-0.39, 0.29) is 23.3 Å². The van der Waals surface area contributed by atoms with E-state index in [0.29, 0.717) is 50.6 Å². The number of carbonyl (C=O) groups excluding carboxylic acids is 1. The quantitative estimate of drug-likeness (QED) is 0.619. The Morgan fingerprint density at radius 1 is 1.06 bits per heavy atom. The first kappa shape index (κ1) is 24.1. The highest BCUT2D eigenvalue weighted by Gasteiger charge is 2.33. The minimum Gasteiger partial charge on any atom is -0.490 e. The first-order valence-corrected chi connectivity index (χ1v) is 12.5. The van der Waals surface area contributed by atoms with Crippen molar-refractivity contribution >= 4 is 15.9 Å². The molecule has 1 amide bonds. The first-order chi connectivity index (χ1) is 15.3. The van der Waals surface area contributed by atoms with Gasteiger partial charge in [-0.2, -0.15) is 4.31 Å². The molecule has 1 heterocycles. The van der Waals surface area contributed by atoms with Gasteiger partial charge in [-0.25, -0.2) is 8.42 Å². The lowest BCUT2D eigenvalue weighted by Crippen LogP contribution is -2.45. The van der Waals surface area contributed by atoms with Gasteiger partial charge in [-0.1, -0.05) is 23.8 Å². The van der Waals surface area contributed by atoms with E-state index in [9.17, 15) is 13.2 Å². The number of aryl methyl sites for hydroxylation is 1. The van der Waals surface area contributed by atoms with Crippen LogP contribution in [-0.4, -0.2) is 44.9 Å². The monoisotopic (exact) mass is 460 g/mol. The normalized spacial score (nSPS) is 17.0. The standard InChI is InChI=1S/C24H32N2O5S/c1-4-30-22-13-10-19(15-23(22)31-5-2)16-25-24(27)20-7-6-14-26(17-20)32(28,29)21-11-8-18(3)9-12-21/h8-13,15,20H,4-7,14,16-17H2,1-3H3,(H,25,27)/t20-/m1/s1. The highest BCUT2D eigenvalue weighted by atomic mass is 32.2. The largest absolute Gasteiger partial charge is 0.490 e. The van der Waals surface area contributed by atoms with Crippen molar-refractivity contribution in [2.24, 2.45) is 5.92 Å². The summed E-state index contributed by atoms with van der Waals surface area (Å²) in [6.07, 6.45) is 1.32. The van der Waals surface area contributed by atoms with Crippen LogP contribution in [0.5, 0.6) is 11.5 Å². The van der Waals surface area contributed by atoms with Gasteiger partial charge in [0.1, 0.15) is 0 Å². The Bertz CT molecular complexity index is 1020. The molecule has 2 aromatic rings. The van der Waals surface area contributed by atoms with E-state index in [2.05, 4.69) is 5.32 Å². The Balaban J connectivity index is 1.63. The third-order valence-electron chi connectivity index (χ3n) is 5.49. The number of benzene rings is 2. The number of ether oxygens (including phenoxy) is 2. The zero-order valence-electron chi connectivity index (χ0n) is 19.0. The summed E-state index contributed by atoms with van der Waals surface area (Å²) < 4.78 is 38.6. The smallest absolute Gasteiger partial charge is 0.243 e. The van der Waals surface area contributed by atoms with E-state index in [1.807, 2.05) is 39.0 Å². The summed E-state index contributed by atoms with van der Waals surface area (Å²) in [7, 11) is -3.61. The number of rotatable bonds is 9. The van der Waals surface area contributed by atoms with Gasteiger partial charge in [-0.05, 0) is 63.4 Å². The van der Waals surface area contributed by atoms with Crippen LogP contribution in [0.2, 0.25) is 0 Å². The average Bonchev–Trinajstić information content (AvgIpc) is 2.79. The van der Waals surface area contributed by atoms with Crippen molar-refractivity contribution in [3.63, 3.8) is 0 Å². The van der Waals surface area contributed by atoms with Gasteiger partial charge in [-0.15, -0.1) is 0 Å². The highest BCUT2D eigenvalue weighted by molar-refractivity contribution is 7.89. The van der Waals surface area contributed by atoms with Gasteiger partial charge in [0.25, 0.3) is 0 Å². The molecule has 1 aliphatic heterocycles. The number of nitrogens with one attached hydrogen (secondary N) is 1. The van der Waals surface area contributed by atoms with Gasteiger partial charge in [0.15, 0.2) is 11.5 Å². The predicted octanol–water partition coefficient (Wildman–Crippen LogP) is 3.51. The van der Waals surface area contributed by atoms with Crippen LogP contribution in [0.25, 0.3) is 0 Å². The molecule has 0 aromatic heterocycles. The van der Waals surface area contributed by atoms with Gasteiger partial charge >= 0.3 is 0 Å². The molecule has 32 heavy (non-hydrogen) atoms. The van der Waals surface area contributed by atoms with E-state index < -0.39 is 10.0 Å². The minimum absolute atomic E-state index is 0.138. The fraction of sp³-hybridized carbons (Fsp3) is 0.458. The van der Waals surface area contributed by atoms with Crippen LogP contribution in [0.4, 0.5) is 0 Å². The Labute approximate surface area is 190 Å². The van der Waals surface area contributed by atoms with Crippen molar-refractivity contribution in [2.75, 3.05) is 26.3 Å². The molecular formula is C24H32N2O5S. The van der Waals surface area contributed by atoms with Crippen LogP contribution >= 0.6 is 0 Å². The summed E-state index contributed by atoms with van der Waals surface area (Å²) in [6.45, 7) is 7.75. The van der Waals surface area contributed by atoms with E-state index in [4.69, 9.17) is 9.47 Å². The number of hydrogen-bond acceptors (Lipinski definition) is 5. The molecule has 1 N–H and O–H groups in total. The maximum absolute atomic E-state index is 13.0. The van der Waals surface area contributed by atoms with Crippen LogP contribution in [0.1, 0.15) is 37.8 Å². The third kappa shape index (κ3) is 5.81. The minimum atomic E-state index is -3.61. The summed E-state index contributed by atoms with van der Waals surface area (Å²) in [5.74, 6) is 0.807. The van der Waals surface area contributed by atoms with E-state index in [0.717, 1.165) is 11.1 Å². The second-order valence-electron chi connectivity index (χ2n) is 7.88. The number of nitrogens with zero attached hydrogens (tertiary/aromatic N) is 1. The SMILES string of the molecule is CCOc1ccc(CNC(=O)[C@@H]2CCCN(S(=O)(=O)c3ccc(C)cc3)C2)cc1OCC. The molecule has 0 bridgehead atoms. The van der Waals surface area contributed by atoms with Crippen molar-refractivity contribution < 1.29 is 22.7 Å². The van der Waals surface area contributed by atoms with Crippen molar-refractivity contribution in [1.82, 2.24) is 9.62 Å². The molecule has 2 aromatic carbocycles. The Morgan fingerprint density at radius 3 is 2.44 bits per heavy atom. The summed E-state index contributed by atoms with van der Waals surface area (Å²) >= 11 is 0. The molecule has 0 saturated carbocycles. The Kier molecular flexibility index (Phi) is 8.15. The summed E-state index contributed by atoms with van der Waals surface area (Å²) in [5, 5.41) is 2.95. The maximum Gasteiger partial charge on any atom is 0.243 e. The molecule has 0 unspecified atom stereocenters. The third-order valence-corrected chi connectivity index (χ3v) is 7.37. The Morgan fingerprint density at radius 2 is 1.75 bits per heavy atom. The zero-order valence-corrected chi connectivity index (χ0v) is 19.8. The first-order valence-electron chi connectivity index (χ1n) is 11.1. The zero-order chi connectivity index (χ0) is 23.1. The average molecular weight is 461 g/mol. The number of amides is 1. The highest BCUT2D eigenvalue weighted by Crippen LogP contribution is 2.29. The number of carbonyl (C=O) groups is 1. The molecule has 1 aliphatic rings. The lowest BCUT2D eigenvalue weighted by Gasteiger charge is -2.31. The molecule has 1 atom stereocenters. The van der Waals surface area contributed by atoms with Crippen molar-refractivity contribution in [3.05, 3.63) is 53.6 Å². The van der Waals surface area contributed by atoms with Gasteiger partial charge in [-0.3, -0.25) is 4.79 Å². The van der Waals surface area contributed by atoms with E-state index in [1.54, 1.807) is 24.3 Å². The molecule has 0 spiro atoms. The fourth-order valence-corrected chi connectivity index (χ4v) is 5.30. The van der Waals surface area contributed by atoms with Gasteiger partial charge in [0.05, 0.1) is 24.0 Å². The van der Waals surface area contributed by atoms with Crippen LogP contribution < -0.4 is 14.8 Å². The number of hydrogen-bond donors (Lipinski definition) is 1. The lowest BCUT2D eigenvalue weighted by atomic mass is 9.98. The van der Waals surface area contributed by atoms with Crippen LogP contribution in [0, 0.1) is 12.8 Å². The molecule has 3 rings (SSSR count). The number of piperidine rings is 1. The van der Waals surface area contributed by atoms with Crippen LogP contribution in [0.15, 0.2) is 47.4 Å². The van der Waals surface area contributed by atoms with Crippen molar-refractivity contribution in [1.29, 1.82) is 0 Å². The van der Waals surface area contributed by atoms with Crippen molar-refractivity contribution in [3.8, 4) is 11.5 Å². The molecule has 174 valence electrons. The Hall–Kier alpha value is -2.58. The second-order valence-corrected chi connectivity index (χ2v) is 9.82. The molecule has 1 saturated heterocycles. The van der Waals surface area contributed by atoms with Gasteiger partial charge in [0.2, 0.25) is 15.9 Å². The molecule has 0 aliphatic carbocycles. The molecule has 1 fully saturated rings. The summed E-state index contributed by atoms with van der Waals surface area (Å²) in [5.41, 5.74) is 1.90. The number of sulfonamides is 1. The molecule has 8 heteroatoms. The molecule has 0 radical (unpaired) electrons. The summed E-state index contributed by atoms with van der Waals surface area (Å²) in [4.78, 5) is 13.1. The molecular weight excluding hydrogens is 428 g/mol.